The van der Waals surface area contributed by atoms with E-state index in [2.05, 4.69) is 0 Å². The molecule has 4 nitrogen and oxygen atoms in total. The molecule has 108 valence electrons. The van der Waals surface area contributed by atoms with Crippen molar-refractivity contribution in [3.63, 3.8) is 0 Å². The van der Waals surface area contributed by atoms with Gasteiger partial charge in [0.05, 0.1) is 12.0 Å². The van der Waals surface area contributed by atoms with Crippen LogP contribution < -0.4 is 0 Å². The van der Waals surface area contributed by atoms with E-state index in [4.69, 9.17) is 11.6 Å². The van der Waals surface area contributed by atoms with E-state index in [1.807, 2.05) is 6.92 Å². The first-order chi connectivity index (χ1) is 9.47. The molecule has 0 aromatic heterocycles. The van der Waals surface area contributed by atoms with E-state index >= 15 is 0 Å². The number of carboxylic acids is 1. The van der Waals surface area contributed by atoms with Crippen molar-refractivity contribution in [2.75, 3.05) is 6.54 Å². The number of amides is 1. The van der Waals surface area contributed by atoms with Crippen molar-refractivity contribution in [3.8, 4) is 0 Å². The maximum absolute atomic E-state index is 14.1. The van der Waals surface area contributed by atoms with Gasteiger partial charge in [-0.15, -0.1) is 0 Å². The van der Waals surface area contributed by atoms with Crippen LogP contribution in [0.2, 0.25) is 5.02 Å². The van der Waals surface area contributed by atoms with E-state index in [-0.39, 0.29) is 22.9 Å². The lowest BCUT2D eigenvalue weighted by Gasteiger charge is -2.28. The minimum Gasteiger partial charge on any atom is -0.481 e. The molecule has 1 aromatic carbocycles. The second-order valence-corrected chi connectivity index (χ2v) is 5.22. The topological polar surface area (TPSA) is 57.6 Å². The fourth-order valence-electron chi connectivity index (χ4n) is 2.67. The van der Waals surface area contributed by atoms with Crippen LogP contribution in [0.25, 0.3) is 0 Å². The summed E-state index contributed by atoms with van der Waals surface area (Å²) in [7, 11) is 0. The summed E-state index contributed by atoms with van der Waals surface area (Å²) >= 11 is 6.02. The molecule has 1 saturated heterocycles. The van der Waals surface area contributed by atoms with Crippen LogP contribution in [-0.4, -0.2) is 28.4 Å². The zero-order valence-corrected chi connectivity index (χ0v) is 11.7. The first kappa shape index (κ1) is 14.8. The smallest absolute Gasteiger partial charge is 0.309 e. The summed E-state index contributed by atoms with van der Waals surface area (Å²) in [6, 6.07) is 3.35. The van der Waals surface area contributed by atoms with Crippen LogP contribution in [0.4, 0.5) is 4.39 Å². The number of carbonyl (C=O) groups excluding carboxylic acids is 1. The molecule has 1 N–H and O–H groups in total. The molecule has 1 amide bonds. The number of hydrogen-bond acceptors (Lipinski definition) is 2. The van der Waals surface area contributed by atoms with Crippen LogP contribution in [0.1, 0.15) is 31.4 Å². The molecule has 0 aliphatic carbocycles. The average molecular weight is 300 g/mol. The molecule has 6 heteroatoms. The summed E-state index contributed by atoms with van der Waals surface area (Å²) in [5, 5.41) is 9.44. The molecule has 0 spiro atoms. The molecule has 0 saturated carbocycles. The lowest BCUT2D eigenvalue weighted by Crippen LogP contribution is -2.32. The number of carboxylic acid groups (broad SMARTS) is 1. The van der Waals surface area contributed by atoms with Crippen LogP contribution >= 0.6 is 11.6 Å². The minimum absolute atomic E-state index is 0.0980. The van der Waals surface area contributed by atoms with Crippen LogP contribution in [0, 0.1) is 11.7 Å². The van der Waals surface area contributed by atoms with Gasteiger partial charge in [-0.05, 0) is 18.6 Å². The molecular formula is C14H15ClFNO3. The van der Waals surface area contributed by atoms with Crippen molar-refractivity contribution in [2.45, 2.75) is 25.8 Å². The van der Waals surface area contributed by atoms with E-state index in [0.29, 0.717) is 13.0 Å². The Morgan fingerprint density at radius 1 is 1.55 bits per heavy atom. The summed E-state index contributed by atoms with van der Waals surface area (Å²) in [5.41, 5.74) is 0.0980. The Labute approximate surface area is 121 Å². The number of halogens is 2. The van der Waals surface area contributed by atoms with Crippen LogP contribution in [0.5, 0.6) is 0 Å². The van der Waals surface area contributed by atoms with Gasteiger partial charge in [0, 0.05) is 23.6 Å². The molecule has 2 rings (SSSR count). The predicted molar refractivity (Wildman–Crippen MR) is 71.9 cm³/mol. The monoisotopic (exact) mass is 299 g/mol. The average Bonchev–Trinajstić information content (AvgIpc) is 2.68. The quantitative estimate of drug-likeness (QED) is 0.930. The zero-order valence-electron chi connectivity index (χ0n) is 11.0. The van der Waals surface area contributed by atoms with E-state index in [9.17, 15) is 19.1 Å². The lowest BCUT2D eigenvalue weighted by molar-refractivity contribution is -0.142. The number of rotatable bonds is 4. The summed E-state index contributed by atoms with van der Waals surface area (Å²) < 4.78 is 14.1. The van der Waals surface area contributed by atoms with E-state index in [1.165, 1.54) is 23.1 Å². The Balaban J connectivity index is 2.52. The van der Waals surface area contributed by atoms with Crippen LogP contribution in [0.15, 0.2) is 18.2 Å². The lowest BCUT2D eigenvalue weighted by atomic mass is 9.93. The molecule has 2 atom stereocenters. The van der Waals surface area contributed by atoms with Gasteiger partial charge < -0.3 is 10.0 Å². The summed E-state index contributed by atoms with van der Waals surface area (Å²) in [4.78, 5) is 24.8. The highest BCUT2D eigenvalue weighted by Crippen LogP contribution is 2.42. The Kier molecular flexibility index (Phi) is 4.28. The molecule has 1 heterocycles. The van der Waals surface area contributed by atoms with Gasteiger partial charge in [0.25, 0.3) is 0 Å². The SMILES string of the molecule is CCCN1C(=O)CC(C(=O)O)C1c1c(F)cccc1Cl. The Hall–Kier alpha value is -1.62. The van der Waals surface area contributed by atoms with Crippen LogP contribution in [0.3, 0.4) is 0 Å². The number of likely N-dealkylation sites (tertiary alicyclic amines) is 1. The highest BCUT2D eigenvalue weighted by Gasteiger charge is 2.46. The van der Waals surface area contributed by atoms with Gasteiger partial charge in [-0.2, -0.15) is 0 Å². The molecule has 1 fully saturated rings. The number of hydrogen-bond donors (Lipinski definition) is 1. The van der Waals surface area contributed by atoms with Crippen molar-refractivity contribution < 1.29 is 19.1 Å². The van der Waals surface area contributed by atoms with Gasteiger partial charge in [-0.1, -0.05) is 24.6 Å². The maximum atomic E-state index is 14.1. The highest BCUT2D eigenvalue weighted by atomic mass is 35.5. The van der Waals surface area contributed by atoms with Gasteiger partial charge >= 0.3 is 5.97 Å². The molecule has 1 aliphatic rings. The molecule has 0 radical (unpaired) electrons. The number of aliphatic carboxylic acids is 1. The largest absolute Gasteiger partial charge is 0.481 e. The van der Waals surface area contributed by atoms with Crippen molar-refractivity contribution in [2.24, 2.45) is 5.92 Å². The predicted octanol–water partition coefficient (Wildman–Crippen LogP) is 2.86. The van der Waals surface area contributed by atoms with Gasteiger partial charge in [0.15, 0.2) is 0 Å². The summed E-state index contributed by atoms with van der Waals surface area (Å²) in [5.74, 6) is -2.93. The fourth-order valence-corrected chi connectivity index (χ4v) is 2.94. The molecule has 0 bridgehead atoms. The third-order valence-corrected chi connectivity index (χ3v) is 3.84. The third kappa shape index (κ3) is 2.50. The third-order valence-electron chi connectivity index (χ3n) is 3.51. The van der Waals surface area contributed by atoms with E-state index < -0.39 is 23.7 Å². The van der Waals surface area contributed by atoms with Gasteiger partial charge in [0.2, 0.25) is 5.91 Å². The van der Waals surface area contributed by atoms with Crippen molar-refractivity contribution in [1.29, 1.82) is 0 Å². The molecule has 1 aromatic rings. The Morgan fingerprint density at radius 2 is 2.25 bits per heavy atom. The molecule has 20 heavy (non-hydrogen) atoms. The van der Waals surface area contributed by atoms with Gasteiger partial charge in [0.1, 0.15) is 5.82 Å². The minimum atomic E-state index is -1.11. The summed E-state index contributed by atoms with van der Waals surface area (Å²) in [6.45, 7) is 2.26. The van der Waals surface area contributed by atoms with Gasteiger partial charge in [-0.3, -0.25) is 9.59 Å². The van der Waals surface area contributed by atoms with Crippen molar-refractivity contribution in [1.82, 2.24) is 4.90 Å². The first-order valence-corrected chi connectivity index (χ1v) is 6.81. The zero-order chi connectivity index (χ0) is 14.9. The second kappa shape index (κ2) is 5.79. The standard InChI is InChI=1S/C14H15ClFNO3/c1-2-6-17-11(18)7-8(14(19)20)13(17)12-9(15)4-3-5-10(12)16/h3-5,8,13H,2,6-7H2,1H3,(H,19,20). The van der Waals surface area contributed by atoms with E-state index in [0.717, 1.165) is 0 Å². The number of carbonyl (C=O) groups is 2. The summed E-state index contributed by atoms with van der Waals surface area (Å²) in [6.07, 6.45) is 0.547. The highest BCUT2D eigenvalue weighted by molar-refractivity contribution is 6.31. The van der Waals surface area contributed by atoms with Crippen molar-refractivity contribution >= 4 is 23.5 Å². The Morgan fingerprint density at radius 3 is 2.80 bits per heavy atom. The second-order valence-electron chi connectivity index (χ2n) is 4.82. The Bertz CT molecular complexity index is 529. The number of nitrogens with zero attached hydrogens (tertiary/aromatic N) is 1. The van der Waals surface area contributed by atoms with E-state index in [1.54, 1.807) is 0 Å². The molecule has 1 aliphatic heterocycles. The van der Waals surface area contributed by atoms with Crippen LogP contribution in [-0.2, 0) is 9.59 Å². The fraction of sp³-hybridized carbons (Fsp3) is 0.429. The molecule has 2 unspecified atom stereocenters. The normalized spacial score (nSPS) is 22.4. The number of benzene rings is 1. The maximum Gasteiger partial charge on any atom is 0.309 e. The first-order valence-electron chi connectivity index (χ1n) is 6.43. The van der Waals surface area contributed by atoms with Gasteiger partial charge in [-0.25, -0.2) is 4.39 Å². The molecular weight excluding hydrogens is 285 g/mol. The van der Waals surface area contributed by atoms with Crippen molar-refractivity contribution in [3.05, 3.63) is 34.6 Å².